The van der Waals surface area contributed by atoms with Crippen molar-refractivity contribution in [3.05, 3.63) is 35.9 Å². The Morgan fingerprint density at radius 1 is 1.10 bits per heavy atom. The molecule has 0 aliphatic carbocycles. The van der Waals surface area contributed by atoms with E-state index in [4.69, 9.17) is 5.73 Å². The summed E-state index contributed by atoms with van der Waals surface area (Å²) in [4.78, 5) is 4.78. The van der Waals surface area contributed by atoms with Crippen molar-refractivity contribution in [1.29, 1.82) is 0 Å². The van der Waals surface area contributed by atoms with Gasteiger partial charge in [-0.15, -0.1) is 0 Å². The van der Waals surface area contributed by atoms with Gasteiger partial charge in [0.05, 0.1) is 0 Å². The number of benzene rings is 1. The Morgan fingerprint density at radius 2 is 1.70 bits per heavy atom. The minimum Gasteiger partial charge on any atom is -0.329 e. The molecule has 1 aromatic carbocycles. The lowest BCUT2D eigenvalue weighted by Gasteiger charge is -2.39. The smallest absolute Gasteiger partial charge is 0.0287 e. The molecule has 3 nitrogen and oxygen atoms in total. The number of likely N-dealkylation sites (N-methyl/N-ethyl adjacent to an activating group) is 2. The normalized spacial score (nSPS) is 16.4. The number of nitrogens with two attached hydrogens (primary N) is 1. The molecule has 0 fully saturated rings. The van der Waals surface area contributed by atoms with Crippen LogP contribution in [0.15, 0.2) is 30.3 Å². The Hall–Kier alpha value is -0.900. The third-order valence-electron chi connectivity index (χ3n) is 4.13. The van der Waals surface area contributed by atoms with Crippen LogP contribution in [-0.4, -0.2) is 55.6 Å². The van der Waals surface area contributed by atoms with Gasteiger partial charge in [0.15, 0.2) is 0 Å². The minimum atomic E-state index is 0.386. The van der Waals surface area contributed by atoms with Gasteiger partial charge < -0.3 is 10.6 Å². The van der Waals surface area contributed by atoms with Gasteiger partial charge in [-0.3, -0.25) is 4.90 Å². The van der Waals surface area contributed by atoms with E-state index >= 15 is 0 Å². The monoisotopic (exact) mass is 277 g/mol. The summed E-state index contributed by atoms with van der Waals surface area (Å²) in [5, 5.41) is 0. The highest BCUT2D eigenvalue weighted by Gasteiger charge is 2.27. The van der Waals surface area contributed by atoms with Crippen LogP contribution >= 0.6 is 0 Å². The summed E-state index contributed by atoms with van der Waals surface area (Å²) in [6.07, 6.45) is 0. The van der Waals surface area contributed by atoms with E-state index in [0.717, 1.165) is 13.1 Å². The molecule has 3 unspecified atom stereocenters. The van der Waals surface area contributed by atoms with E-state index in [9.17, 15) is 0 Å². The minimum absolute atomic E-state index is 0.386. The zero-order valence-electron chi connectivity index (χ0n) is 13.7. The summed E-state index contributed by atoms with van der Waals surface area (Å²) < 4.78 is 0. The molecule has 20 heavy (non-hydrogen) atoms. The van der Waals surface area contributed by atoms with Crippen LogP contribution in [0.2, 0.25) is 0 Å². The largest absolute Gasteiger partial charge is 0.329 e. The molecule has 2 N–H and O–H groups in total. The van der Waals surface area contributed by atoms with Crippen LogP contribution in [-0.2, 0) is 0 Å². The fraction of sp³-hybridized carbons (Fsp3) is 0.647. The van der Waals surface area contributed by atoms with Crippen LogP contribution in [0.1, 0.15) is 32.3 Å². The average molecular weight is 277 g/mol. The predicted molar refractivity (Wildman–Crippen MR) is 88.1 cm³/mol. The standard InChI is InChI=1S/C17H31N3/c1-6-20(14(2)13-19(4)5)17(12-18)15(3)16-10-8-7-9-11-16/h7-11,14-15,17H,6,12-13,18H2,1-5H3. The van der Waals surface area contributed by atoms with Gasteiger partial charge >= 0.3 is 0 Å². The summed E-state index contributed by atoms with van der Waals surface area (Å²) in [6.45, 7) is 9.61. The average Bonchev–Trinajstić information content (AvgIpc) is 2.43. The van der Waals surface area contributed by atoms with Crippen molar-refractivity contribution in [2.45, 2.75) is 38.8 Å². The lowest BCUT2D eigenvalue weighted by atomic mass is 9.91. The molecule has 0 aromatic heterocycles. The van der Waals surface area contributed by atoms with Gasteiger partial charge in [-0.1, -0.05) is 44.2 Å². The zero-order chi connectivity index (χ0) is 15.1. The maximum atomic E-state index is 6.10. The first-order chi connectivity index (χ1) is 9.51. The van der Waals surface area contributed by atoms with Gasteiger partial charge in [-0.25, -0.2) is 0 Å². The molecule has 0 bridgehead atoms. The van der Waals surface area contributed by atoms with Gasteiger partial charge in [-0.05, 0) is 39.0 Å². The van der Waals surface area contributed by atoms with E-state index in [1.54, 1.807) is 0 Å². The summed E-state index contributed by atoms with van der Waals surface area (Å²) >= 11 is 0. The number of rotatable bonds is 8. The lowest BCUT2D eigenvalue weighted by molar-refractivity contribution is 0.117. The summed E-state index contributed by atoms with van der Waals surface area (Å²) in [5.74, 6) is 0.450. The molecular weight excluding hydrogens is 246 g/mol. The van der Waals surface area contributed by atoms with Crippen molar-refractivity contribution in [3.8, 4) is 0 Å². The van der Waals surface area contributed by atoms with E-state index in [1.807, 2.05) is 0 Å². The second kappa shape index (κ2) is 8.40. The Bertz CT molecular complexity index is 364. The molecule has 0 saturated carbocycles. The highest BCUT2D eigenvalue weighted by Crippen LogP contribution is 2.24. The molecule has 3 atom stereocenters. The first-order valence-corrected chi connectivity index (χ1v) is 7.66. The van der Waals surface area contributed by atoms with Crippen molar-refractivity contribution >= 4 is 0 Å². The number of nitrogens with zero attached hydrogens (tertiary/aromatic N) is 2. The molecule has 0 heterocycles. The predicted octanol–water partition coefficient (Wildman–Crippen LogP) is 2.39. The topological polar surface area (TPSA) is 32.5 Å². The number of hydrogen-bond donors (Lipinski definition) is 1. The van der Waals surface area contributed by atoms with Crippen LogP contribution in [0.4, 0.5) is 0 Å². The van der Waals surface area contributed by atoms with Crippen LogP contribution in [0.5, 0.6) is 0 Å². The second-order valence-corrected chi connectivity index (χ2v) is 5.94. The molecule has 114 valence electrons. The molecule has 0 saturated heterocycles. The van der Waals surface area contributed by atoms with Gasteiger partial charge in [0.2, 0.25) is 0 Å². The maximum absolute atomic E-state index is 6.10. The van der Waals surface area contributed by atoms with Gasteiger partial charge in [0.1, 0.15) is 0 Å². The van der Waals surface area contributed by atoms with Crippen LogP contribution in [0, 0.1) is 0 Å². The molecule has 3 heteroatoms. The Kier molecular flexibility index (Phi) is 7.20. The Morgan fingerprint density at radius 3 is 2.15 bits per heavy atom. The van der Waals surface area contributed by atoms with Gasteiger partial charge in [0, 0.05) is 25.2 Å². The molecule has 0 aliphatic heterocycles. The molecule has 0 radical (unpaired) electrons. The summed E-state index contributed by atoms with van der Waals surface area (Å²) in [7, 11) is 4.25. The fourth-order valence-corrected chi connectivity index (χ4v) is 3.11. The first-order valence-electron chi connectivity index (χ1n) is 7.66. The van der Waals surface area contributed by atoms with E-state index < -0.39 is 0 Å². The van der Waals surface area contributed by atoms with Crippen molar-refractivity contribution in [2.24, 2.45) is 5.73 Å². The zero-order valence-corrected chi connectivity index (χ0v) is 13.7. The number of hydrogen-bond acceptors (Lipinski definition) is 3. The van der Waals surface area contributed by atoms with Crippen molar-refractivity contribution < 1.29 is 0 Å². The van der Waals surface area contributed by atoms with Gasteiger partial charge in [-0.2, -0.15) is 0 Å². The van der Waals surface area contributed by atoms with Gasteiger partial charge in [0.25, 0.3) is 0 Å². The molecule has 1 aromatic rings. The summed E-state index contributed by atoms with van der Waals surface area (Å²) in [5.41, 5.74) is 7.47. The van der Waals surface area contributed by atoms with Crippen molar-refractivity contribution in [3.63, 3.8) is 0 Å². The summed E-state index contributed by atoms with van der Waals surface area (Å²) in [6, 6.07) is 11.6. The third-order valence-corrected chi connectivity index (χ3v) is 4.13. The molecule has 0 spiro atoms. The Balaban J connectivity index is 2.86. The highest BCUT2D eigenvalue weighted by molar-refractivity contribution is 5.20. The Labute approximate surface area is 124 Å². The van der Waals surface area contributed by atoms with E-state index in [2.05, 4.69) is 75.0 Å². The van der Waals surface area contributed by atoms with Crippen molar-refractivity contribution in [1.82, 2.24) is 9.80 Å². The van der Waals surface area contributed by atoms with E-state index in [0.29, 0.717) is 24.5 Å². The fourth-order valence-electron chi connectivity index (χ4n) is 3.11. The molecular formula is C17H31N3. The molecule has 1 rings (SSSR count). The van der Waals surface area contributed by atoms with E-state index in [-0.39, 0.29) is 0 Å². The SMILES string of the molecule is CCN(C(C)CN(C)C)C(CN)C(C)c1ccccc1. The van der Waals surface area contributed by atoms with E-state index in [1.165, 1.54) is 5.56 Å². The van der Waals surface area contributed by atoms with Crippen LogP contribution in [0.25, 0.3) is 0 Å². The van der Waals surface area contributed by atoms with Crippen molar-refractivity contribution in [2.75, 3.05) is 33.7 Å². The highest BCUT2D eigenvalue weighted by atomic mass is 15.2. The molecule has 0 amide bonds. The lowest BCUT2D eigenvalue weighted by Crippen LogP contribution is -2.51. The second-order valence-electron chi connectivity index (χ2n) is 5.94. The first kappa shape index (κ1) is 17.2. The molecule has 0 aliphatic rings. The quantitative estimate of drug-likeness (QED) is 0.792. The maximum Gasteiger partial charge on any atom is 0.0287 e. The van der Waals surface area contributed by atoms with Crippen LogP contribution < -0.4 is 5.73 Å². The third kappa shape index (κ3) is 4.58. The van der Waals surface area contributed by atoms with Crippen LogP contribution in [0.3, 0.4) is 0 Å².